The summed E-state index contributed by atoms with van der Waals surface area (Å²) < 4.78 is 0. The van der Waals surface area contributed by atoms with Gasteiger partial charge in [-0.05, 0) is 26.4 Å². The van der Waals surface area contributed by atoms with Gasteiger partial charge in [0.05, 0.1) is 0 Å². The van der Waals surface area contributed by atoms with E-state index in [1.54, 1.807) is 0 Å². The Morgan fingerprint density at radius 3 is 2.53 bits per heavy atom. The van der Waals surface area contributed by atoms with Crippen LogP contribution in [0.4, 0.5) is 0 Å². The van der Waals surface area contributed by atoms with E-state index in [-0.39, 0.29) is 0 Å². The van der Waals surface area contributed by atoms with E-state index in [2.05, 4.69) is 62.5 Å². The number of hydrogen-bond acceptors (Lipinski definition) is 2. The van der Waals surface area contributed by atoms with Gasteiger partial charge >= 0.3 is 0 Å². The van der Waals surface area contributed by atoms with Gasteiger partial charge < -0.3 is 10.2 Å². The molecular weight excluding hydrogens is 184 g/mol. The fourth-order valence-electron chi connectivity index (χ4n) is 2.03. The van der Waals surface area contributed by atoms with Gasteiger partial charge in [-0.3, -0.25) is 0 Å². The predicted octanol–water partition coefficient (Wildman–Crippen LogP) is 2.05. The van der Waals surface area contributed by atoms with Crippen molar-refractivity contribution in [2.75, 3.05) is 20.6 Å². The highest BCUT2D eigenvalue weighted by Crippen LogP contribution is 2.17. The molecule has 2 heteroatoms. The molecule has 86 valence electrons. The van der Waals surface area contributed by atoms with E-state index >= 15 is 0 Å². The van der Waals surface area contributed by atoms with Crippen LogP contribution in [0.1, 0.15) is 20.3 Å². The van der Waals surface area contributed by atoms with Crippen LogP contribution >= 0.6 is 0 Å². The van der Waals surface area contributed by atoms with Crippen molar-refractivity contribution in [2.24, 2.45) is 5.92 Å². The number of rotatable bonds is 5. The summed E-state index contributed by atoms with van der Waals surface area (Å²) in [5, 5.41) is 3.65. The minimum absolute atomic E-state index is 0.550. The molecule has 2 nitrogen and oxygen atoms in total. The van der Waals surface area contributed by atoms with Crippen LogP contribution in [0.15, 0.2) is 24.3 Å². The molecule has 0 aromatic carbocycles. The Morgan fingerprint density at radius 1 is 1.33 bits per heavy atom. The zero-order valence-corrected chi connectivity index (χ0v) is 10.4. The van der Waals surface area contributed by atoms with Gasteiger partial charge in [0, 0.05) is 18.6 Å². The zero-order valence-electron chi connectivity index (χ0n) is 10.4. The number of hydrogen-bond donors (Lipinski definition) is 1. The normalized spacial score (nSPS) is 22.7. The van der Waals surface area contributed by atoms with Crippen LogP contribution in [0, 0.1) is 5.92 Å². The first-order valence-electron chi connectivity index (χ1n) is 5.83. The third kappa shape index (κ3) is 4.63. The van der Waals surface area contributed by atoms with Gasteiger partial charge in [0.1, 0.15) is 0 Å². The van der Waals surface area contributed by atoms with Crippen LogP contribution in [0.2, 0.25) is 0 Å². The minimum atomic E-state index is 0.550. The molecule has 0 heterocycles. The lowest BCUT2D eigenvalue weighted by atomic mass is 9.92. The van der Waals surface area contributed by atoms with Crippen LogP contribution in [0.3, 0.4) is 0 Å². The summed E-state index contributed by atoms with van der Waals surface area (Å²) in [6, 6.07) is 1.11. The Bertz CT molecular complexity index is 219. The lowest BCUT2D eigenvalue weighted by Gasteiger charge is -2.30. The first-order valence-corrected chi connectivity index (χ1v) is 5.83. The van der Waals surface area contributed by atoms with E-state index in [0.29, 0.717) is 18.0 Å². The predicted molar refractivity (Wildman–Crippen MR) is 67.0 cm³/mol. The molecule has 0 saturated heterocycles. The molecule has 0 fully saturated rings. The largest absolute Gasteiger partial charge is 0.310 e. The van der Waals surface area contributed by atoms with Gasteiger partial charge in [-0.25, -0.2) is 0 Å². The first kappa shape index (κ1) is 12.5. The van der Waals surface area contributed by atoms with Crippen molar-refractivity contribution in [3.05, 3.63) is 24.3 Å². The standard InChI is InChI=1S/C13H24N2/c1-11(2)14-13(10-15(3)4)12-8-6-5-7-9-12/h5-8,11-14H,9-10H2,1-4H3/t12?,13-/m1/s1. The highest BCUT2D eigenvalue weighted by atomic mass is 15.1. The number of nitrogens with zero attached hydrogens (tertiary/aromatic N) is 1. The van der Waals surface area contributed by atoms with Crippen LogP contribution in [-0.2, 0) is 0 Å². The summed E-state index contributed by atoms with van der Waals surface area (Å²) in [7, 11) is 4.27. The molecule has 1 aliphatic carbocycles. The average molecular weight is 208 g/mol. The van der Waals surface area contributed by atoms with E-state index in [0.717, 1.165) is 13.0 Å². The average Bonchev–Trinajstić information content (AvgIpc) is 2.17. The van der Waals surface area contributed by atoms with Gasteiger partial charge in [-0.1, -0.05) is 38.2 Å². The second kappa shape index (κ2) is 6.09. The third-order valence-electron chi connectivity index (χ3n) is 2.64. The van der Waals surface area contributed by atoms with Crippen molar-refractivity contribution < 1.29 is 0 Å². The maximum Gasteiger partial charge on any atom is 0.0262 e. The molecule has 0 aliphatic heterocycles. The molecule has 0 saturated carbocycles. The van der Waals surface area contributed by atoms with Crippen molar-refractivity contribution in [3.8, 4) is 0 Å². The molecule has 0 spiro atoms. The summed E-state index contributed by atoms with van der Waals surface area (Å²) >= 11 is 0. The molecule has 1 aliphatic rings. The molecule has 0 radical (unpaired) electrons. The molecule has 0 amide bonds. The summed E-state index contributed by atoms with van der Waals surface area (Å²) in [5.74, 6) is 0.639. The van der Waals surface area contributed by atoms with Crippen molar-refractivity contribution in [1.29, 1.82) is 0 Å². The Morgan fingerprint density at radius 2 is 2.07 bits per heavy atom. The van der Waals surface area contributed by atoms with E-state index < -0.39 is 0 Å². The van der Waals surface area contributed by atoms with E-state index in [9.17, 15) is 0 Å². The summed E-state index contributed by atoms with van der Waals surface area (Å²) in [4.78, 5) is 2.26. The maximum absolute atomic E-state index is 3.65. The molecule has 1 rings (SSSR count). The SMILES string of the molecule is CC(C)N[C@H](CN(C)C)C1C=CC=CC1. The fraction of sp³-hybridized carbons (Fsp3) is 0.692. The molecule has 0 bridgehead atoms. The molecule has 2 atom stereocenters. The second-order valence-electron chi connectivity index (χ2n) is 4.90. The molecule has 1 N–H and O–H groups in total. The monoisotopic (exact) mass is 208 g/mol. The Balaban J connectivity index is 2.54. The minimum Gasteiger partial charge on any atom is -0.310 e. The third-order valence-corrected chi connectivity index (χ3v) is 2.64. The van der Waals surface area contributed by atoms with Crippen molar-refractivity contribution in [3.63, 3.8) is 0 Å². The van der Waals surface area contributed by atoms with Gasteiger partial charge in [0.25, 0.3) is 0 Å². The van der Waals surface area contributed by atoms with Crippen LogP contribution in [-0.4, -0.2) is 37.6 Å². The van der Waals surface area contributed by atoms with Gasteiger partial charge in [-0.15, -0.1) is 0 Å². The van der Waals surface area contributed by atoms with Crippen LogP contribution in [0.25, 0.3) is 0 Å². The molecule has 0 aromatic rings. The Kier molecular flexibility index (Phi) is 5.06. The topological polar surface area (TPSA) is 15.3 Å². The summed E-state index contributed by atoms with van der Waals surface area (Å²) in [6.45, 7) is 5.52. The van der Waals surface area contributed by atoms with Crippen LogP contribution < -0.4 is 5.32 Å². The molecule has 0 aromatic heterocycles. The molecule has 15 heavy (non-hydrogen) atoms. The first-order chi connectivity index (χ1) is 7.09. The van der Waals surface area contributed by atoms with Gasteiger partial charge in [-0.2, -0.15) is 0 Å². The number of allylic oxidation sites excluding steroid dienone is 3. The summed E-state index contributed by atoms with van der Waals surface area (Å²) in [6.07, 6.45) is 10.0. The molecule has 1 unspecified atom stereocenters. The second-order valence-corrected chi connectivity index (χ2v) is 4.90. The lowest BCUT2D eigenvalue weighted by molar-refractivity contribution is 0.281. The quantitative estimate of drug-likeness (QED) is 0.744. The summed E-state index contributed by atoms with van der Waals surface area (Å²) in [5.41, 5.74) is 0. The fourth-order valence-corrected chi connectivity index (χ4v) is 2.03. The van der Waals surface area contributed by atoms with Gasteiger partial charge in [0.15, 0.2) is 0 Å². The highest BCUT2D eigenvalue weighted by molar-refractivity contribution is 5.13. The maximum atomic E-state index is 3.65. The number of likely N-dealkylation sites (N-methyl/N-ethyl adjacent to an activating group) is 1. The Hall–Kier alpha value is -0.600. The van der Waals surface area contributed by atoms with Crippen molar-refractivity contribution in [2.45, 2.75) is 32.4 Å². The molecular formula is C13H24N2. The van der Waals surface area contributed by atoms with E-state index in [4.69, 9.17) is 0 Å². The van der Waals surface area contributed by atoms with E-state index in [1.165, 1.54) is 0 Å². The van der Waals surface area contributed by atoms with Crippen molar-refractivity contribution >= 4 is 0 Å². The lowest BCUT2D eigenvalue weighted by Crippen LogP contribution is -2.46. The smallest absolute Gasteiger partial charge is 0.0262 e. The Labute approximate surface area is 94.0 Å². The number of nitrogens with one attached hydrogen (secondary N) is 1. The van der Waals surface area contributed by atoms with E-state index in [1.807, 2.05) is 0 Å². The highest BCUT2D eigenvalue weighted by Gasteiger charge is 2.20. The van der Waals surface area contributed by atoms with Crippen molar-refractivity contribution in [1.82, 2.24) is 10.2 Å². The van der Waals surface area contributed by atoms with Crippen LogP contribution in [0.5, 0.6) is 0 Å². The zero-order chi connectivity index (χ0) is 11.3. The van der Waals surface area contributed by atoms with Gasteiger partial charge in [0.2, 0.25) is 0 Å².